The molecule has 3 N–H and O–H groups in total. The molecule has 0 aliphatic carbocycles. The van der Waals surface area contributed by atoms with Crippen LogP contribution < -0.4 is 15.5 Å². The third-order valence-electron chi connectivity index (χ3n) is 6.93. The van der Waals surface area contributed by atoms with Crippen LogP contribution in [-0.4, -0.2) is 67.1 Å². The number of benzene rings is 3. The predicted octanol–water partition coefficient (Wildman–Crippen LogP) is 2.86. The number of hydrogen-bond acceptors (Lipinski definition) is 8. The van der Waals surface area contributed by atoms with Gasteiger partial charge in [0.05, 0.1) is 17.7 Å². The first kappa shape index (κ1) is 35.5. The molecule has 0 aliphatic heterocycles. The average molecular weight is 648 g/mol. The molecule has 0 spiro atoms. The van der Waals surface area contributed by atoms with Crippen LogP contribution in [0.5, 0.6) is 5.75 Å². The minimum atomic E-state index is -4.17. The zero-order valence-electron chi connectivity index (χ0n) is 25.5. The summed E-state index contributed by atoms with van der Waals surface area (Å²) in [5.74, 6) is 3.15. The fraction of sp³-hybridized carbons (Fsp3) is 0.294. The molecule has 11 nitrogen and oxygen atoms in total. The van der Waals surface area contributed by atoms with Gasteiger partial charge in [-0.2, -0.15) is 0 Å². The topological polar surface area (TPSA) is 159 Å². The Morgan fingerprint density at radius 3 is 1.93 bits per heavy atom. The zero-order chi connectivity index (χ0) is 33.4. The van der Waals surface area contributed by atoms with Crippen molar-refractivity contribution >= 4 is 33.5 Å². The number of carbonyl (C=O) groups is 4. The number of imide groups is 1. The second-order valence-electron chi connectivity index (χ2n) is 10.2. The van der Waals surface area contributed by atoms with Crippen LogP contribution in [0.1, 0.15) is 37.3 Å². The van der Waals surface area contributed by atoms with Crippen LogP contribution in [0.2, 0.25) is 0 Å². The quantitative estimate of drug-likeness (QED) is 0.0927. The Hall–Kier alpha value is -4.99. The van der Waals surface area contributed by atoms with E-state index in [9.17, 15) is 32.8 Å². The van der Waals surface area contributed by atoms with Crippen molar-refractivity contribution in [2.24, 2.45) is 0 Å². The summed E-state index contributed by atoms with van der Waals surface area (Å²) < 4.78 is 31.8. The van der Waals surface area contributed by atoms with Crippen LogP contribution in [0.25, 0.3) is 0 Å². The van der Waals surface area contributed by atoms with Gasteiger partial charge in [0.25, 0.3) is 5.91 Å². The molecule has 0 saturated carbocycles. The number of ether oxygens (including phenoxy) is 1. The molecule has 0 saturated heterocycles. The normalized spacial score (nSPS) is 11.3. The lowest BCUT2D eigenvalue weighted by Crippen LogP contribution is -2.45. The SMILES string of the molecule is CC#CCOc1ccc(S(=O)(=O)C(CCCCNC(=O)CN(C(=O)Cc2ccccc2)C(=O)Cc2ccccc2)C(=O)NO)cc1. The van der Waals surface area contributed by atoms with Crippen LogP contribution in [0.3, 0.4) is 0 Å². The summed E-state index contributed by atoms with van der Waals surface area (Å²) in [6, 6.07) is 23.3. The smallest absolute Gasteiger partial charge is 0.262 e. The lowest BCUT2D eigenvalue weighted by molar-refractivity contribution is -0.147. The third-order valence-corrected chi connectivity index (χ3v) is 9.06. The van der Waals surface area contributed by atoms with Crippen molar-refractivity contribution in [1.29, 1.82) is 0 Å². The summed E-state index contributed by atoms with van der Waals surface area (Å²) in [5.41, 5.74) is 2.83. The zero-order valence-corrected chi connectivity index (χ0v) is 26.3. The Morgan fingerprint density at radius 2 is 1.41 bits per heavy atom. The van der Waals surface area contributed by atoms with Gasteiger partial charge in [-0.25, -0.2) is 13.9 Å². The molecule has 0 fully saturated rings. The van der Waals surface area contributed by atoms with Crippen molar-refractivity contribution < 1.29 is 37.5 Å². The van der Waals surface area contributed by atoms with Crippen molar-refractivity contribution in [2.75, 3.05) is 19.7 Å². The number of unbranched alkanes of at least 4 members (excludes halogenated alkanes) is 1. The Morgan fingerprint density at radius 1 is 0.848 bits per heavy atom. The van der Waals surface area contributed by atoms with E-state index in [4.69, 9.17) is 4.74 Å². The molecular weight excluding hydrogens is 610 g/mol. The van der Waals surface area contributed by atoms with Crippen molar-refractivity contribution in [3.05, 3.63) is 96.1 Å². The molecule has 1 unspecified atom stereocenters. The summed E-state index contributed by atoms with van der Waals surface area (Å²) in [5, 5.41) is 10.3. The largest absolute Gasteiger partial charge is 0.481 e. The van der Waals surface area contributed by atoms with Gasteiger partial charge < -0.3 is 10.1 Å². The standard InChI is InChI=1S/C34H37N3O8S/c1-2-3-22-45-28-17-19-29(20-18-28)46(43,44)30(34(41)36-42)16-10-11-21-35-31(38)25-37(32(39)23-26-12-6-4-7-13-26)33(40)24-27-14-8-5-9-15-27/h4-9,12-15,17-20,30,42H,10-11,16,21-25H2,1H3,(H,35,38)(H,36,41). The molecule has 1 atom stereocenters. The van der Waals surface area contributed by atoms with Crippen LogP contribution in [0.4, 0.5) is 0 Å². The maximum atomic E-state index is 13.2. The molecule has 0 aliphatic rings. The number of amides is 4. The Bertz CT molecular complexity index is 1580. The highest BCUT2D eigenvalue weighted by Crippen LogP contribution is 2.23. The summed E-state index contributed by atoms with van der Waals surface area (Å²) in [7, 11) is -4.17. The first-order valence-corrected chi connectivity index (χ1v) is 16.2. The third kappa shape index (κ3) is 10.9. The Labute approximate surface area is 268 Å². The van der Waals surface area contributed by atoms with E-state index in [-0.39, 0.29) is 50.2 Å². The monoisotopic (exact) mass is 647 g/mol. The van der Waals surface area contributed by atoms with E-state index in [1.165, 1.54) is 29.7 Å². The second-order valence-corrected chi connectivity index (χ2v) is 12.4. The predicted molar refractivity (Wildman–Crippen MR) is 170 cm³/mol. The minimum absolute atomic E-state index is 0.0548. The molecule has 46 heavy (non-hydrogen) atoms. The van der Waals surface area contributed by atoms with Crippen molar-refractivity contribution in [3.8, 4) is 17.6 Å². The van der Waals surface area contributed by atoms with Crippen molar-refractivity contribution in [1.82, 2.24) is 15.7 Å². The van der Waals surface area contributed by atoms with Crippen LogP contribution >= 0.6 is 0 Å². The highest BCUT2D eigenvalue weighted by molar-refractivity contribution is 7.92. The van der Waals surface area contributed by atoms with Crippen LogP contribution in [0.15, 0.2) is 89.8 Å². The van der Waals surface area contributed by atoms with Gasteiger partial charge in [-0.15, -0.1) is 5.92 Å². The van der Waals surface area contributed by atoms with E-state index in [2.05, 4.69) is 17.2 Å². The average Bonchev–Trinajstić information content (AvgIpc) is 3.06. The van der Waals surface area contributed by atoms with Gasteiger partial charge in [0.2, 0.25) is 17.7 Å². The van der Waals surface area contributed by atoms with E-state index >= 15 is 0 Å². The maximum absolute atomic E-state index is 13.2. The van der Waals surface area contributed by atoms with E-state index in [0.717, 1.165) is 4.90 Å². The highest BCUT2D eigenvalue weighted by Gasteiger charge is 2.33. The summed E-state index contributed by atoms with van der Waals surface area (Å²) in [6.07, 6.45) is 0.253. The lowest BCUT2D eigenvalue weighted by atomic mass is 10.1. The van der Waals surface area contributed by atoms with E-state index < -0.39 is 45.3 Å². The number of rotatable bonds is 16. The molecule has 242 valence electrons. The summed E-state index contributed by atoms with van der Waals surface area (Å²) >= 11 is 0. The molecule has 0 aromatic heterocycles. The molecule has 3 aromatic rings. The first-order valence-electron chi connectivity index (χ1n) is 14.6. The number of hydroxylamine groups is 1. The van der Waals surface area contributed by atoms with Gasteiger partial charge in [0, 0.05) is 6.54 Å². The molecule has 3 rings (SSSR count). The molecule has 4 amide bonds. The van der Waals surface area contributed by atoms with E-state index in [1.54, 1.807) is 55.5 Å². The van der Waals surface area contributed by atoms with E-state index in [1.807, 2.05) is 12.1 Å². The second kappa shape index (κ2) is 18.1. The van der Waals surface area contributed by atoms with Gasteiger partial charge in [-0.3, -0.25) is 29.3 Å². The number of nitrogens with one attached hydrogen (secondary N) is 2. The van der Waals surface area contributed by atoms with Gasteiger partial charge in [-0.1, -0.05) is 66.6 Å². The Balaban J connectivity index is 1.57. The van der Waals surface area contributed by atoms with Crippen molar-refractivity contribution in [2.45, 2.75) is 49.2 Å². The number of hydrogen-bond donors (Lipinski definition) is 3. The van der Waals surface area contributed by atoms with Crippen LogP contribution in [0, 0.1) is 11.8 Å². The fourth-order valence-electron chi connectivity index (χ4n) is 4.51. The maximum Gasteiger partial charge on any atom is 0.262 e. The summed E-state index contributed by atoms with van der Waals surface area (Å²) in [6.45, 7) is 1.43. The highest BCUT2D eigenvalue weighted by atomic mass is 32.2. The fourth-order valence-corrected chi connectivity index (χ4v) is 6.17. The molecule has 0 heterocycles. The number of nitrogens with zero attached hydrogens (tertiary/aromatic N) is 1. The molecular formula is C34H37N3O8S. The molecule has 0 radical (unpaired) electrons. The van der Waals surface area contributed by atoms with E-state index in [0.29, 0.717) is 16.9 Å². The van der Waals surface area contributed by atoms with Gasteiger partial charge in [0.15, 0.2) is 9.84 Å². The number of sulfone groups is 1. The minimum Gasteiger partial charge on any atom is -0.481 e. The van der Waals surface area contributed by atoms with Gasteiger partial charge in [-0.05, 0) is 61.6 Å². The van der Waals surface area contributed by atoms with Crippen LogP contribution in [-0.2, 0) is 41.9 Å². The first-order chi connectivity index (χ1) is 22.1. The summed E-state index contributed by atoms with van der Waals surface area (Å²) in [4.78, 5) is 52.2. The molecule has 0 bridgehead atoms. The molecule has 3 aromatic carbocycles. The Kier molecular flexibility index (Phi) is 14.0. The number of carbonyl (C=O) groups excluding carboxylic acids is 4. The molecule has 12 heteroatoms. The van der Waals surface area contributed by atoms with Crippen molar-refractivity contribution in [3.63, 3.8) is 0 Å². The van der Waals surface area contributed by atoms with Gasteiger partial charge in [0.1, 0.15) is 24.2 Å². The van der Waals surface area contributed by atoms with Gasteiger partial charge >= 0.3 is 0 Å². The lowest BCUT2D eigenvalue weighted by Gasteiger charge is -2.21.